The predicted molar refractivity (Wildman–Crippen MR) is 104 cm³/mol. The second-order valence-electron chi connectivity index (χ2n) is 6.93. The number of hydrogen-bond acceptors (Lipinski definition) is 5. The fourth-order valence-corrected chi connectivity index (χ4v) is 3.16. The molecule has 1 saturated heterocycles. The number of nitrogens with zero attached hydrogens (tertiary/aromatic N) is 5. The van der Waals surface area contributed by atoms with E-state index in [-0.39, 0.29) is 5.91 Å². The number of benzene rings is 1. The van der Waals surface area contributed by atoms with Crippen molar-refractivity contribution in [1.29, 1.82) is 0 Å². The molecule has 1 amide bonds. The van der Waals surface area contributed by atoms with Gasteiger partial charge in [0.2, 0.25) is 5.95 Å². The van der Waals surface area contributed by atoms with Crippen molar-refractivity contribution in [3.8, 4) is 0 Å². The van der Waals surface area contributed by atoms with E-state index < -0.39 is 0 Å². The van der Waals surface area contributed by atoms with E-state index in [9.17, 15) is 4.79 Å². The minimum absolute atomic E-state index is 0.0375. The van der Waals surface area contributed by atoms with Crippen LogP contribution >= 0.6 is 0 Å². The summed E-state index contributed by atoms with van der Waals surface area (Å²) in [6, 6.07) is 10.5. The van der Waals surface area contributed by atoms with Gasteiger partial charge in [-0.1, -0.05) is 30.3 Å². The number of hydrogen-bond donors (Lipinski definition) is 0. The maximum Gasteiger partial charge on any atom is 0.257 e. The van der Waals surface area contributed by atoms with E-state index in [4.69, 9.17) is 0 Å². The van der Waals surface area contributed by atoms with Crippen LogP contribution in [0.3, 0.4) is 0 Å². The average molecular weight is 353 g/mol. The van der Waals surface area contributed by atoms with Gasteiger partial charge in [0.1, 0.15) is 0 Å². The molecular weight excluding hydrogens is 326 g/mol. The van der Waals surface area contributed by atoms with Crippen LogP contribution in [0, 0.1) is 6.92 Å². The third-order valence-electron chi connectivity index (χ3n) is 4.82. The first-order valence-electron chi connectivity index (χ1n) is 9.11. The predicted octanol–water partition coefficient (Wildman–Crippen LogP) is 1.85. The molecule has 2 aromatic rings. The van der Waals surface area contributed by atoms with E-state index >= 15 is 0 Å². The highest BCUT2D eigenvalue weighted by Crippen LogP contribution is 2.14. The summed E-state index contributed by atoms with van der Waals surface area (Å²) < 4.78 is 0. The smallest absolute Gasteiger partial charge is 0.257 e. The van der Waals surface area contributed by atoms with E-state index in [1.54, 1.807) is 6.20 Å². The first-order chi connectivity index (χ1) is 12.5. The zero-order valence-electron chi connectivity index (χ0n) is 15.9. The van der Waals surface area contributed by atoms with Crippen molar-refractivity contribution in [3.63, 3.8) is 0 Å². The van der Waals surface area contributed by atoms with Crippen molar-refractivity contribution < 1.29 is 4.79 Å². The number of amides is 1. The number of rotatable bonds is 5. The topological polar surface area (TPSA) is 52.6 Å². The SMILES string of the molecule is Cc1nc(N(C)C)ncc1C(=O)N1CCN(CCc2ccccc2)CC1. The fraction of sp³-hybridized carbons (Fsp3) is 0.450. The van der Waals surface area contributed by atoms with E-state index in [1.165, 1.54) is 5.56 Å². The lowest BCUT2D eigenvalue weighted by molar-refractivity contribution is 0.0637. The maximum absolute atomic E-state index is 12.8. The molecule has 1 aliphatic rings. The number of aryl methyl sites for hydroxylation is 1. The molecule has 0 bridgehead atoms. The molecule has 0 saturated carbocycles. The van der Waals surface area contributed by atoms with Gasteiger partial charge in [0.05, 0.1) is 11.3 Å². The average Bonchev–Trinajstić information content (AvgIpc) is 2.67. The van der Waals surface area contributed by atoms with E-state index in [0.29, 0.717) is 11.5 Å². The van der Waals surface area contributed by atoms with Crippen LogP contribution in [0.2, 0.25) is 0 Å². The Kier molecular flexibility index (Phi) is 5.83. The molecule has 138 valence electrons. The van der Waals surface area contributed by atoms with Crippen LogP contribution in [0.1, 0.15) is 21.6 Å². The molecule has 0 radical (unpaired) electrons. The second kappa shape index (κ2) is 8.27. The largest absolute Gasteiger partial charge is 0.347 e. The van der Waals surface area contributed by atoms with Crippen molar-refractivity contribution in [2.24, 2.45) is 0 Å². The number of aromatic nitrogens is 2. The van der Waals surface area contributed by atoms with E-state index in [0.717, 1.165) is 44.8 Å². The summed E-state index contributed by atoms with van der Waals surface area (Å²) in [6.45, 7) is 6.23. The summed E-state index contributed by atoms with van der Waals surface area (Å²) in [5.74, 6) is 0.667. The highest BCUT2D eigenvalue weighted by atomic mass is 16.2. The van der Waals surface area contributed by atoms with E-state index in [1.807, 2.05) is 36.9 Å². The van der Waals surface area contributed by atoms with Gasteiger partial charge in [-0.05, 0) is 18.9 Å². The molecule has 0 N–H and O–H groups in total. The summed E-state index contributed by atoms with van der Waals surface area (Å²) >= 11 is 0. The molecule has 0 unspecified atom stereocenters. The monoisotopic (exact) mass is 353 g/mol. The molecule has 1 aliphatic heterocycles. The Morgan fingerprint density at radius 3 is 2.42 bits per heavy atom. The van der Waals surface area contributed by atoms with Crippen molar-refractivity contribution in [1.82, 2.24) is 19.8 Å². The Bertz CT molecular complexity index is 739. The van der Waals surface area contributed by atoms with Crippen LogP contribution in [0.15, 0.2) is 36.5 Å². The number of anilines is 1. The Balaban J connectivity index is 1.53. The van der Waals surface area contributed by atoms with Crippen molar-refractivity contribution in [3.05, 3.63) is 53.3 Å². The molecule has 6 nitrogen and oxygen atoms in total. The normalized spacial score (nSPS) is 15.1. The number of piperazine rings is 1. The second-order valence-corrected chi connectivity index (χ2v) is 6.93. The van der Waals surface area contributed by atoms with Gasteiger partial charge in [0.15, 0.2) is 0 Å². The van der Waals surface area contributed by atoms with Crippen molar-refractivity contribution in [2.75, 3.05) is 51.7 Å². The lowest BCUT2D eigenvalue weighted by Crippen LogP contribution is -2.49. The maximum atomic E-state index is 12.8. The number of carbonyl (C=O) groups excluding carboxylic acids is 1. The van der Waals surface area contributed by atoms with Gasteiger partial charge >= 0.3 is 0 Å². The minimum Gasteiger partial charge on any atom is -0.347 e. The van der Waals surface area contributed by atoms with Gasteiger partial charge in [-0.3, -0.25) is 9.69 Å². The first kappa shape index (κ1) is 18.3. The molecule has 3 rings (SSSR count). The zero-order chi connectivity index (χ0) is 18.5. The Morgan fingerprint density at radius 2 is 1.81 bits per heavy atom. The van der Waals surface area contributed by atoms with Gasteiger partial charge in [-0.2, -0.15) is 0 Å². The van der Waals surface area contributed by atoms with Crippen molar-refractivity contribution >= 4 is 11.9 Å². The molecule has 1 aromatic heterocycles. The Hall–Kier alpha value is -2.47. The lowest BCUT2D eigenvalue weighted by atomic mass is 10.1. The summed E-state index contributed by atoms with van der Waals surface area (Å²) in [5, 5.41) is 0. The van der Waals surface area contributed by atoms with Crippen LogP contribution in [-0.4, -0.2) is 72.5 Å². The molecule has 1 fully saturated rings. The van der Waals surface area contributed by atoms with Gasteiger partial charge in [0, 0.05) is 53.0 Å². The Morgan fingerprint density at radius 1 is 1.12 bits per heavy atom. The molecule has 0 atom stereocenters. The summed E-state index contributed by atoms with van der Waals surface area (Å²) in [5.41, 5.74) is 2.70. The summed E-state index contributed by atoms with van der Waals surface area (Å²) in [7, 11) is 3.79. The molecule has 0 aliphatic carbocycles. The first-order valence-corrected chi connectivity index (χ1v) is 9.11. The van der Waals surface area contributed by atoms with Crippen LogP contribution in [0.5, 0.6) is 0 Å². The van der Waals surface area contributed by atoms with Gasteiger partial charge in [0.25, 0.3) is 5.91 Å². The molecule has 0 spiro atoms. The summed E-state index contributed by atoms with van der Waals surface area (Å²) in [4.78, 5) is 27.7. The van der Waals surface area contributed by atoms with Crippen LogP contribution in [0.25, 0.3) is 0 Å². The number of carbonyl (C=O) groups is 1. The molecule has 2 heterocycles. The van der Waals surface area contributed by atoms with Crippen molar-refractivity contribution in [2.45, 2.75) is 13.3 Å². The molecule has 1 aromatic carbocycles. The summed E-state index contributed by atoms with van der Waals surface area (Å²) in [6.07, 6.45) is 2.70. The van der Waals surface area contributed by atoms with Gasteiger partial charge in [-0.25, -0.2) is 9.97 Å². The molecular formula is C20H27N5O. The van der Waals surface area contributed by atoms with Gasteiger partial charge in [-0.15, -0.1) is 0 Å². The van der Waals surface area contributed by atoms with E-state index in [2.05, 4.69) is 39.1 Å². The zero-order valence-corrected chi connectivity index (χ0v) is 15.9. The molecule has 6 heteroatoms. The van der Waals surface area contributed by atoms with Gasteiger partial charge < -0.3 is 9.80 Å². The third-order valence-corrected chi connectivity index (χ3v) is 4.82. The standard InChI is InChI=1S/C20H27N5O/c1-16-18(15-21-20(22-16)23(2)3)19(26)25-13-11-24(12-14-25)10-9-17-7-5-4-6-8-17/h4-8,15H,9-14H2,1-3H3. The fourth-order valence-electron chi connectivity index (χ4n) is 3.16. The Labute approximate surface area is 155 Å². The quantitative estimate of drug-likeness (QED) is 0.821. The highest BCUT2D eigenvalue weighted by Gasteiger charge is 2.24. The lowest BCUT2D eigenvalue weighted by Gasteiger charge is -2.35. The van der Waals surface area contributed by atoms with Crippen LogP contribution in [0.4, 0.5) is 5.95 Å². The molecule has 26 heavy (non-hydrogen) atoms. The van der Waals surface area contributed by atoms with Crippen LogP contribution in [-0.2, 0) is 6.42 Å². The third kappa shape index (κ3) is 4.38. The van der Waals surface area contributed by atoms with Crippen LogP contribution < -0.4 is 4.90 Å². The highest BCUT2D eigenvalue weighted by molar-refractivity contribution is 5.95. The minimum atomic E-state index is 0.0375.